The number of aromatic hydroxyl groups is 1. The minimum Gasteiger partial charge on any atom is -0.502 e. The molecule has 1 saturated carbocycles. The number of carbonyl (C=O) groups excluding carboxylic acids is 1. The van der Waals surface area contributed by atoms with Crippen molar-refractivity contribution in [3.63, 3.8) is 0 Å². The molecule has 35 heavy (non-hydrogen) atoms. The topological polar surface area (TPSA) is 75.0 Å². The van der Waals surface area contributed by atoms with E-state index in [1.807, 2.05) is 18.2 Å². The lowest BCUT2D eigenvalue weighted by Crippen LogP contribution is -2.55. The van der Waals surface area contributed by atoms with Gasteiger partial charge in [-0.1, -0.05) is 30.3 Å². The standard InChI is InChI=1S/C27H25N3O4S/c31-20-9-11-29-25(26(20)32)27(33)28-10-8-16-12-18(16)13-34-21-6-3-4-17-14-35-22-7-2-1-5-19(22)24(23(17)21)30(29)15-28/h1-7,9,11,16,18,24,32H,8,10,12-15H2/t16-,18+,24?/m1/s1. The van der Waals surface area contributed by atoms with E-state index in [4.69, 9.17) is 4.74 Å². The number of nitrogens with zero attached hydrogens (tertiary/aromatic N) is 3. The summed E-state index contributed by atoms with van der Waals surface area (Å²) in [5.74, 6) is 1.90. The number of thioether (sulfide) groups is 1. The van der Waals surface area contributed by atoms with E-state index >= 15 is 0 Å². The Morgan fingerprint density at radius 2 is 1.91 bits per heavy atom. The van der Waals surface area contributed by atoms with Crippen LogP contribution in [-0.2, 0) is 5.75 Å². The molecule has 3 aromatic rings. The van der Waals surface area contributed by atoms with Crippen LogP contribution in [-0.4, -0.2) is 40.4 Å². The van der Waals surface area contributed by atoms with Crippen LogP contribution in [0.4, 0.5) is 0 Å². The summed E-state index contributed by atoms with van der Waals surface area (Å²) in [7, 11) is 0. The van der Waals surface area contributed by atoms with E-state index in [9.17, 15) is 14.7 Å². The van der Waals surface area contributed by atoms with Gasteiger partial charge >= 0.3 is 0 Å². The van der Waals surface area contributed by atoms with Crippen molar-refractivity contribution in [2.24, 2.45) is 11.8 Å². The Morgan fingerprint density at radius 3 is 2.83 bits per heavy atom. The van der Waals surface area contributed by atoms with E-state index in [1.54, 1.807) is 27.5 Å². The number of hydrogen-bond acceptors (Lipinski definition) is 6. The second kappa shape index (κ2) is 7.81. The van der Waals surface area contributed by atoms with Crippen LogP contribution in [0.3, 0.4) is 0 Å². The third kappa shape index (κ3) is 3.26. The summed E-state index contributed by atoms with van der Waals surface area (Å²) in [5, 5.41) is 12.9. The number of aromatic nitrogens is 1. The largest absolute Gasteiger partial charge is 0.502 e. The summed E-state index contributed by atoms with van der Waals surface area (Å²) in [6.07, 6.45) is 3.60. The summed E-state index contributed by atoms with van der Waals surface area (Å²) in [5.41, 5.74) is 2.88. The smallest absolute Gasteiger partial charge is 0.277 e. The third-order valence-corrected chi connectivity index (χ3v) is 8.89. The van der Waals surface area contributed by atoms with Crippen molar-refractivity contribution in [2.45, 2.75) is 29.5 Å². The number of carbonyl (C=O) groups is 1. The summed E-state index contributed by atoms with van der Waals surface area (Å²) in [4.78, 5) is 28.9. The van der Waals surface area contributed by atoms with Crippen molar-refractivity contribution in [3.8, 4) is 11.5 Å². The molecule has 1 N–H and O–H groups in total. The molecule has 1 amide bonds. The molecule has 2 bridgehead atoms. The van der Waals surface area contributed by atoms with Gasteiger partial charge in [0, 0.05) is 35.0 Å². The van der Waals surface area contributed by atoms with Crippen molar-refractivity contribution in [1.29, 1.82) is 0 Å². The molecule has 7 nitrogen and oxygen atoms in total. The number of rotatable bonds is 0. The highest BCUT2D eigenvalue weighted by Gasteiger charge is 2.43. The van der Waals surface area contributed by atoms with Gasteiger partial charge in [-0.05, 0) is 47.9 Å². The predicted molar refractivity (Wildman–Crippen MR) is 132 cm³/mol. The van der Waals surface area contributed by atoms with Gasteiger partial charge in [0.25, 0.3) is 5.91 Å². The summed E-state index contributed by atoms with van der Waals surface area (Å²) < 4.78 is 8.18. The molecule has 1 aliphatic carbocycles. The van der Waals surface area contributed by atoms with E-state index < -0.39 is 11.2 Å². The van der Waals surface area contributed by atoms with Gasteiger partial charge in [0.2, 0.25) is 5.43 Å². The van der Waals surface area contributed by atoms with Crippen LogP contribution >= 0.6 is 11.8 Å². The molecule has 0 spiro atoms. The van der Waals surface area contributed by atoms with Crippen molar-refractivity contribution in [3.05, 3.63) is 87.3 Å². The minimum atomic E-state index is -0.545. The first-order valence-electron chi connectivity index (χ1n) is 12.1. The lowest BCUT2D eigenvalue weighted by Gasteiger charge is -2.44. The number of amides is 1. The monoisotopic (exact) mass is 487 g/mol. The highest BCUT2D eigenvalue weighted by atomic mass is 32.2. The van der Waals surface area contributed by atoms with E-state index in [-0.39, 0.29) is 17.6 Å². The quantitative estimate of drug-likeness (QED) is 0.521. The maximum Gasteiger partial charge on any atom is 0.277 e. The van der Waals surface area contributed by atoms with Crippen LogP contribution in [0.25, 0.3) is 0 Å². The molecular weight excluding hydrogens is 462 g/mol. The molecule has 3 aliphatic heterocycles. The van der Waals surface area contributed by atoms with E-state index in [0.29, 0.717) is 31.7 Å². The van der Waals surface area contributed by atoms with Crippen LogP contribution in [0, 0.1) is 11.8 Å². The van der Waals surface area contributed by atoms with Gasteiger partial charge in [0.1, 0.15) is 18.5 Å². The van der Waals surface area contributed by atoms with Crippen LogP contribution in [0.5, 0.6) is 11.5 Å². The van der Waals surface area contributed by atoms with E-state index in [2.05, 4.69) is 29.3 Å². The van der Waals surface area contributed by atoms with Crippen molar-refractivity contribution in [1.82, 2.24) is 9.58 Å². The molecular formula is C27H25N3O4S. The van der Waals surface area contributed by atoms with Crippen LogP contribution < -0.4 is 15.2 Å². The molecule has 1 fully saturated rings. The summed E-state index contributed by atoms with van der Waals surface area (Å²) in [6.45, 7) is 1.61. The Hall–Kier alpha value is -3.39. The fourth-order valence-corrected chi connectivity index (χ4v) is 6.85. The second-order valence-electron chi connectivity index (χ2n) is 9.78. The Balaban J connectivity index is 1.51. The lowest BCUT2D eigenvalue weighted by molar-refractivity contribution is 0.0671. The SMILES string of the molecule is O=C1c2c(O)c(=O)ccn2N2CN1CC[C@@H]1C[C@H]1COc1cccc3c1C2c1ccccc1SC3. The molecule has 0 saturated heterocycles. The highest BCUT2D eigenvalue weighted by molar-refractivity contribution is 7.98. The van der Waals surface area contributed by atoms with Crippen LogP contribution in [0.15, 0.2) is 64.4 Å². The lowest BCUT2D eigenvalue weighted by atomic mass is 9.93. The average Bonchev–Trinajstić information content (AvgIpc) is 3.65. The first-order valence-corrected chi connectivity index (χ1v) is 13.1. The maximum absolute atomic E-state index is 13.5. The third-order valence-electron chi connectivity index (χ3n) is 7.75. The summed E-state index contributed by atoms with van der Waals surface area (Å²) >= 11 is 1.80. The normalized spacial score (nSPS) is 24.5. The molecule has 4 heterocycles. The van der Waals surface area contributed by atoms with E-state index in [1.165, 1.54) is 16.5 Å². The number of hydrogen-bond donors (Lipinski definition) is 1. The molecule has 2 aromatic carbocycles. The highest BCUT2D eigenvalue weighted by Crippen LogP contribution is 2.48. The Labute approximate surface area is 206 Å². The summed E-state index contributed by atoms with van der Waals surface area (Å²) in [6, 6.07) is 15.7. The average molecular weight is 488 g/mol. The number of ether oxygens (including phenoxy) is 1. The van der Waals surface area contributed by atoms with Crippen LogP contribution in [0.2, 0.25) is 0 Å². The molecule has 8 heteroatoms. The van der Waals surface area contributed by atoms with Gasteiger partial charge in [-0.3, -0.25) is 19.3 Å². The van der Waals surface area contributed by atoms with Gasteiger partial charge in [0.15, 0.2) is 11.4 Å². The Morgan fingerprint density at radius 1 is 1.03 bits per heavy atom. The van der Waals surface area contributed by atoms with Crippen LogP contribution in [0.1, 0.15) is 46.1 Å². The fraction of sp³-hybridized carbons (Fsp3) is 0.333. The number of pyridine rings is 1. The fourth-order valence-electron chi connectivity index (χ4n) is 5.76. The molecule has 178 valence electrons. The number of benzene rings is 2. The van der Waals surface area contributed by atoms with Gasteiger partial charge in [-0.25, -0.2) is 0 Å². The van der Waals surface area contributed by atoms with Gasteiger partial charge < -0.3 is 14.7 Å². The number of fused-ring (bicyclic) bond motifs is 8. The molecule has 4 aliphatic rings. The molecule has 7 rings (SSSR count). The Bertz CT molecular complexity index is 1420. The predicted octanol–water partition coefficient (Wildman–Crippen LogP) is 3.72. The van der Waals surface area contributed by atoms with E-state index in [0.717, 1.165) is 35.5 Å². The van der Waals surface area contributed by atoms with Gasteiger partial charge in [0.05, 0.1) is 6.61 Å². The van der Waals surface area contributed by atoms with Crippen molar-refractivity contribution in [2.75, 3.05) is 24.8 Å². The second-order valence-corrected chi connectivity index (χ2v) is 10.8. The molecule has 3 atom stereocenters. The Kier molecular flexibility index (Phi) is 4.67. The zero-order chi connectivity index (χ0) is 23.7. The van der Waals surface area contributed by atoms with Crippen molar-refractivity contribution < 1.29 is 14.6 Å². The first-order chi connectivity index (χ1) is 17.1. The molecule has 1 unspecified atom stereocenters. The van der Waals surface area contributed by atoms with Gasteiger partial charge in [-0.2, -0.15) is 0 Å². The zero-order valence-corrected chi connectivity index (χ0v) is 19.9. The molecule has 1 aromatic heterocycles. The minimum absolute atomic E-state index is 0.0301. The maximum atomic E-state index is 13.5. The van der Waals surface area contributed by atoms with Crippen molar-refractivity contribution >= 4 is 17.7 Å². The van der Waals surface area contributed by atoms with Gasteiger partial charge in [-0.15, -0.1) is 11.8 Å². The molecule has 0 radical (unpaired) electrons. The first kappa shape index (κ1) is 20.9. The zero-order valence-electron chi connectivity index (χ0n) is 19.1.